The number of rotatable bonds is 4. The van der Waals surface area contributed by atoms with Crippen LogP contribution in [0.5, 0.6) is 0 Å². The fourth-order valence-corrected chi connectivity index (χ4v) is 4.24. The molecule has 4 heterocycles. The van der Waals surface area contributed by atoms with Gasteiger partial charge < -0.3 is 18.8 Å². The molecular weight excluding hydrogens is 481 g/mol. The molecule has 0 spiro atoms. The molecule has 0 saturated carbocycles. The second kappa shape index (κ2) is 9.26. The van der Waals surface area contributed by atoms with Crippen LogP contribution in [0.1, 0.15) is 27.3 Å². The molecule has 1 amide bonds. The van der Waals surface area contributed by atoms with E-state index in [1.54, 1.807) is 11.0 Å². The Labute approximate surface area is 202 Å². The number of hydrogen-bond donors (Lipinski definition) is 0. The summed E-state index contributed by atoms with van der Waals surface area (Å²) in [6.45, 7) is 0.395. The number of carbonyl (C=O) groups is 2. The van der Waals surface area contributed by atoms with E-state index in [2.05, 4.69) is 10.1 Å². The van der Waals surface area contributed by atoms with Gasteiger partial charge in [-0.2, -0.15) is 18.3 Å². The summed E-state index contributed by atoms with van der Waals surface area (Å²) in [5.41, 5.74) is 1.35. The van der Waals surface area contributed by atoms with E-state index in [1.807, 2.05) is 0 Å². The summed E-state index contributed by atoms with van der Waals surface area (Å²) in [5.74, 6) is -0.958. The van der Waals surface area contributed by atoms with Gasteiger partial charge in [0.05, 0.1) is 24.8 Å². The van der Waals surface area contributed by atoms with E-state index < -0.39 is 18.7 Å². The SMILES string of the molecule is COC(=O)c1ccc2occ(-c3nn(CC(F)(F)F)c4cc(C(=O)N5CCCOCC5)ncc34)c2c1. The van der Waals surface area contributed by atoms with Crippen LogP contribution in [-0.4, -0.2) is 71.1 Å². The second-order valence-corrected chi connectivity index (χ2v) is 8.32. The standard InChI is InChI=1S/C24H21F3N4O5/c1-34-23(33)14-3-4-20-15(9-14)17(12-36-20)21-16-11-28-18(22(32)30-5-2-7-35-8-6-30)10-19(16)31(29-21)13-24(25,26)27/h3-4,9-12H,2,5-8,13H2,1H3. The van der Waals surface area contributed by atoms with E-state index in [4.69, 9.17) is 13.9 Å². The third-order valence-electron chi connectivity index (χ3n) is 5.94. The number of benzene rings is 1. The van der Waals surface area contributed by atoms with Crippen LogP contribution in [-0.2, 0) is 16.0 Å². The van der Waals surface area contributed by atoms with Crippen molar-refractivity contribution in [1.29, 1.82) is 0 Å². The topological polar surface area (TPSA) is 99.7 Å². The molecule has 0 bridgehead atoms. The lowest BCUT2D eigenvalue weighted by atomic mass is 10.1. The van der Waals surface area contributed by atoms with Gasteiger partial charge >= 0.3 is 12.1 Å². The molecule has 1 aliphatic heterocycles. The van der Waals surface area contributed by atoms with Crippen molar-refractivity contribution in [2.24, 2.45) is 0 Å². The van der Waals surface area contributed by atoms with Gasteiger partial charge in [-0.1, -0.05) is 0 Å². The maximum absolute atomic E-state index is 13.4. The van der Waals surface area contributed by atoms with E-state index >= 15 is 0 Å². The highest BCUT2D eigenvalue weighted by molar-refractivity contribution is 6.05. The van der Waals surface area contributed by atoms with Gasteiger partial charge in [0, 0.05) is 42.2 Å². The maximum atomic E-state index is 13.4. The molecule has 0 aliphatic carbocycles. The highest BCUT2D eigenvalue weighted by Crippen LogP contribution is 2.36. The van der Waals surface area contributed by atoms with Gasteiger partial charge in [-0.15, -0.1) is 0 Å². The lowest BCUT2D eigenvalue weighted by Gasteiger charge is -2.19. The first-order chi connectivity index (χ1) is 17.2. The number of alkyl halides is 3. The Morgan fingerprint density at radius 3 is 2.75 bits per heavy atom. The zero-order chi connectivity index (χ0) is 25.4. The first-order valence-electron chi connectivity index (χ1n) is 11.2. The van der Waals surface area contributed by atoms with E-state index in [0.29, 0.717) is 54.6 Å². The van der Waals surface area contributed by atoms with Crippen LogP contribution in [0, 0.1) is 0 Å². The Bertz CT molecular complexity index is 1450. The molecule has 3 aromatic heterocycles. The third kappa shape index (κ3) is 4.51. The summed E-state index contributed by atoms with van der Waals surface area (Å²) >= 11 is 0. The summed E-state index contributed by atoms with van der Waals surface area (Å²) in [6.07, 6.45) is -1.19. The molecule has 1 aliphatic rings. The number of esters is 1. The van der Waals surface area contributed by atoms with Crippen molar-refractivity contribution in [1.82, 2.24) is 19.7 Å². The Balaban J connectivity index is 1.63. The monoisotopic (exact) mass is 502 g/mol. The molecule has 0 radical (unpaired) electrons. The highest BCUT2D eigenvalue weighted by atomic mass is 19.4. The summed E-state index contributed by atoms with van der Waals surface area (Å²) in [5, 5.41) is 5.01. The maximum Gasteiger partial charge on any atom is 0.408 e. The van der Waals surface area contributed by atoms with Gasteiger partial charge in [0.2, 0.25) is 0 Å². The molecule has 36 heavy (non-hydrogen) atoms. The van der Waals surface area contributed by atoms with Gasteiger partial charge in [-0.3, -0.25) is 14.5 Å². The van der Waals surface area contributed by atoms with E-state index in [1.165, 1.54) is 37.8 Å². The van der Waals surface area contributed by atoms with Crippen molar-refractivity contribution in [3.8, 4) is 11.3 Å². The van der Waals surface area contributed by atoms with Gasteiger partial charge in [-0.05, 0) is 30.7 Å². The molecule has 0 atom stereocenters. The summed E-state index contributed by atoms with van der Waals surface area (Å²) < 4.78 is 56.7. The Morgan fingerprint density at radius 2 is 1.97 bits per heavy atom. The number of halogens is 3. The molecule has 0 unspecified atom stereocenters. The fourth-order valence-electron chi connectivity index (χ4n) is 4.24. The van der Waals surface area contributed by atoms with Crippen molar-refractivity contribution in [2.45, 2.75) is 19.1 Å². The van der Waals surface area contributed by atoms with Crippen LogP contribution in [0.15, 0.2) is 41.1 Å². The van der Waals surface area contributed by atoms with Crippen LogP contribution in [0.25, 0.3) is 33.1 Å². The lowest BCUT2D eigenvalue weighted by molar-refractivity contribution is -0.141. The summed E-state index contributed by atoms with van der Waals surface area (Å²) in [7, 11) is 1.25. The number of amides is 1. The van der Waals surface area contributed by atoms with Crippen molar-refractivity contribution in [3.63, 3.8) is 0 Å². The number of pyridine rings is 1. The Kier molecular flexibility index (Phi) is 6.12. The van der Waals surface area contributed by atoms with Gasteiger partial charge in [0.1, 0.15) is 29.8 Å². The summed E-state index contributed by atoms with van der Waals surface area (Å²) in [4.78, 5) is 30.9. The molecule has 1 fully saturated rings. The Hall–Kier alpha value is -3.93. The number of hydrogen-bond acceptors (Lipinski definition) is 7. The fraction of sp³-hybridized carbons (Fsp3) is 0.333. The minimum Gasteiger partial charge on any atom is -0.465 e. The molecule has 5 rings (SSSR count). The minimum absolute atomic E-state index is 0.0179. The number of ether oxygens (including phenoxy) is 2. The molecule has 1 saturated heterocycles. The minimum atomic E-state index is -4.55. The largest absolute Gasteiger partial charge is 0.465 e. The van der Waals surface area contributed by atoms with E-state index in [9.17, 15) is 22.8 Å². The predicted molar refractivity (Wildman–Crippen MR) is 121 cm³/mol. The van der Waals surface area contributed by atoms with Crippen LogP contribution in [0.3, 0.4) is 0 Å². The van der Waals surface area contributed by atoms with Gasteiger partial charge in [0.15, 0.2) is 0 Å². The third-order valence-corrected chi connectivity index (χ3v) is 5.94. The van der Waals surface area contributed by atoms with Crippen molar-refractivity contribution < 1.29 is 36.7 Å². The first kappa shape index (κ1) is 23.8. The van der Waals surface area contributed by atoms with E-state index in [-0.39, 0.29) is 28.4 Å². The molecule has 0 N–H and O–H groups in total. The number of furan rings is 1. The van der Waals surface area contributed by atoms with Crippen molar-refractivity contribution in [3.05, 3.63) is 48.0 Å². The molecule has 4 aromatic rings. The predicted octanol–water partition coefficient (Wildman–Crippen LogP) is 4.06. The second-order valence-electron chi connectivity index (χ2n) is 8.32. The first-order valence-corrected chi connectivity index (χ1v) is 11.2. The molecular formula is C24H21F3N4O5. The average Bonchev–Trinajstić information content (AvgIpc) is 3.30. The van der Waals surface area contributed by atoms with Crippen LogP contribution in [0.4, 0.5) is 13.2 Å². The zero-order valence-corrected chi connectivity index (χ0v) is 19.2. The molecule has 12 heteroatoms. The number of fused-ring (bicyclic) bond motifs is 2. The number of methoxy groups -OCH3 is 1. The number of aromatic nitrogens is 3. The number of nitrogens with zero attached hydrogens (tertiary/aromatic N) is 4. The Morgan fingerprint density at radius 1 is 1.14 bits per heavy atom. The van der Waals surface area contributed by atoms with E-state index in [0.717, 1.165) is 4.68 Å². The lowest BCUT2D eigenvalue weighted by Crippen LogP contribution is -2.33. The number of carbonyl (C=O) groups excluding carboxylic acids is 2. The van der Waals surface area contributed by atoms with Crippen molar-refractivity contribution >= 4 is 33.7 Å². The van der Waals surface area contributed by atoms with Crippen LogP contribution < -0.4 is 0 Å². The summed E-state index contributed by atoms with van der Waals surface area (Å²) in [6, 6.07) is 5.95. The average molecular weight is 502 g/mol. The molecule has 188 valence electrons. The van der Waals surface area contributed by atoms with Crippen molar-refractivity contribution in [2.75, 3.05) is 33.4 Å². The van der Waals surface area contributed by atoms with Gasteiger partial charge in [0.25, 0.3) is 5.91 Å². The molecule has 9 nitrogen and oxygen atoms in total. The van der Waals surface area contributed by atoms with Gasteiger partial charge in [-0.25, -0.2) is 4.79 Å². The highest BCUT2D eigenvalue weighted by Gasteiger charge is 2.31. The smallest absolute Gasteiger partial charge is 0.408 e. The van der Waals surface area contributed by atoms with Crippen LogP contribution in [0.2, 0.25) is 0 Å². The zero-order valence-electron chi connectivity index (χ0n) is 19.2. The quantitative estimate of drug-likeness (QED) is 0.388. The molecule has 1 aromatic carbocycles. The normalized spacial score (nSPS) is 14.8. The van der Waals surface area contributed by atoms with Crippen LogP contribution >= 0.6 is 0 Å².